The molecular formula is C20H18N4O5. The molecule has 148 valence electrons. The first-order chi connectivity index (χ1) is 13.9. The molecule has 0 atom stereocenters. The van der Waals surface area contributed by atoms with Crippen molar-refractivity contribution >= 4 is 22.7 Å². The van der Waals surface area contributed by atoms with Gasteiger partial charge in [0.1, 0.15) is 28.7 Å². The number of esters is 1. The summed E-state index contributed by atoms with van der Waals surface area (Å²) in [5.74, 6) is -0.379. The van der Waals surface area contributed by atoms with Crippen LogP contribution in [-0.4, -0.2) is 31.5 Å². The molecule has 9 heteroatoms. The van der Waals surface area contributed by atoms with E-state index in [1.807, 2.05) is 13.0 Å². The molecule has 0 saturated carbocycles. The first-order valence-corrected chi connectivity index (χ1v) is 9.03. The van der Waals surface area contributed by atoms with Crippen molar-refractivity contribution in [2.75, 3.05) is 6.61 Å². The summed E-state index contributed by atoms with van der Waals surface area (Å²) in [7, 11) is 0. The van der Waals surface area contributed by atoms with Crippen molar-refractivity contribution in [1.82, 2.24) is 18.9 Å². The molecule has 9 nitrogen and oxygen atoms in total. The van der Waals surface area contributed by atoms with Crippen molar-refractivity contribution in [1.29, 1.82) is 0 Å². The number of aromatic nitrogens is 4. The summed E-state index contributed by atoms with van der Waals surface area (Å²) in [6, 6.07) is 4.96. The molecule has 0 bridgehead atoms. The first-order valence-electron chi connectivity index (χ1n) is 9.03. The minimum Gasteiger partial charge on any atom is -0.462 e. The molecule has 0 fully saturated rings. The monoisotopic (exact) mass is 394 g/mol. The smallest absolute Gasteiger partial charge is 0.342 e. The number of fused-ring (bicyclic) bond motifs is 2. The van der Waals surface area contributed by atoms with Crippen LogP contribution in [0.15, 0.2) is 44.7 Å². The molecule has 0 aliphatic carbocycles. The van der Waals surface area contributed by atoms with Gasteiger partial charge in [0.15, 0.2) is 0 Å². The van der Waals surface area contributed by atoms with E-state index in [0.29, 0.717) is 11.3 Å². The Morgan fingerprint density at radius 2 is 2.03 bits per heavy atom. The lowest BCUT2D eigenvalue weighted by atomic mass is 10.2. The summed E-state index contributed by atoms with van der Waals surface area (Å²) in [6.07, 6.45) is 3.01. The van der Waals surface area contributed by atoms with Crippen molar-refractivity contribution < 1.29 is 13.9 Å². The van der Waals surface area contributed by atoms with Gasteiger partial charge in [-0.25, -0.2) is 14.8 Å². The number of pyridine rings is 1. The minimum absolute atomic E-state index is 0.0217. The molecule has 4 heterocycles. The normalized spacial score (nSPS) is 11.3. The van der Waals surface area contributed by atoms with Gasteiger partial charge < -0.3 is 9.15 Å². The lowest BCUT2D eigenvalue weighted by molar-refractivity contribution is 0.0526. The molecule has 29 heavy (non-hydrogen) atoms. The summed E-state index contributed by atoms with van der Waals surface area (Å²) >= 11 is 0. The minimum atomic E-state index is -0.641. The van der Waals surface area contributed by atoms with Gasteiger partial charge in [-0.1, -0.05) is 6.07 Å². The number of nitrogens with zero attached hydrogens (tertiary/aromatic N) is 4. The van der Waals surface area contributed by atoms with Gasteiger partial charge in [0, 0.05) is 12.3 Å². The topological polar surface area (TPSA) is 109 Å². The predicted octanol–water partition coefficient (Wildman–Crippen LogP) is 1.84. The van der Waals surface area contributed by atoms with E-state index in [9.17, 15) is 14.4 Å². The maximum absolute atomic E-state index is 13.0. The summed E-state index contributed by atoms with van der Waals surface area (Å²) in [6.45, 7) is 5.33. The predicted molar refractivity (Wildman–Crippen MR) is 104 cm³/mol. The third-order valence-corrected chi connectivity index (χ3v) is 4.53. The lowest BCUT2D eigenvalue weighted by Gasteiger charge is -2.07. The quantitative estimate of drug-likeness (QED) is 0.486. The van der Waals surface area contributed by atoms with Gasteiger partial charge in [-0.2, -0.15) is 0 Å². The van der Waals surface area contributed by atoms with Crippen LogP contribution in [0.1, 0.15) is 34.3 Å². The van der Waals surface area contributed by atoms with Crippen LogP contribution in [0.4, 0.5) is 0 Å². The van der Waals surface area contributed by atoms with Gasteiger partial charge in [-0.3, -0.25) is 18.6 Å². The molecule has 0 spiro atoms. The Hall–Kier alpha value is -3.75. The summed E-state index contributed by atoms with van der Waals surface area (Å²) < 4.78 is 13.2. The van der Waals surface area contributed by atoms with Crippen molar-refractivity contribution in [3.8, 4) is 0 Å². The van der Waals surface area contributed by atoms with Gasteiger partial charge in [-0.15, -0.1) is 0 Å². The van der Waals surface area contributed by atoms with Crippen LogP contribution >= 0.6 is 0 Å². The second-order valence-corrected chi connectivity index (χ2v) is 6.63. The highest BCUT2D eigenvalue weighted by atomic mass is 16.5. The number of carbonyl (C=O) groups is 1. The zero-order valence-corrected chi connectivity index (χ0v) is 16.1. The number of hydrogen-bond acceptors (Lipinski definition) is 7. The second-order valence-electron chi connectivity index (χ2n) is 6.63. The van der Waals surface area contributed by atoms with Crippen molar-refractivity contribution in [3.05, 3.63) is 74.0 Å². The van der Waals surface area contributed by atoms with Crippen LogP contribution in [-0.2, 0) is 11.3 Å². The van der Waals surface area contributed by atoms with Crippen molar-refractivity contribution in [2.45, 2.75) is 27.3 Å². The molecule has 0 aromatic carbocycles. The maximum Gasteiger partial charge on any atom is 0.342 e. The van der Waals surface area contributed by atoms with Crippen LogP contribution in [0.3, 0.4) is 0 Å². The number of rotatable bonds is 4. The fourth-order valence-corrected chi connectivity index (χ4v) is 3.21. The lowest BCUT2D eigenvalue weighted by Crippen LogP contribution is -2.24. The van der Waals surface area contributed by atoms with Gasteiger partial charge in [-0.05, 0) is 32.4 Å². The molecule has 0 saturated heterocycles. The Morgan fingerprint density at radius 1 is 1.24 bits per heavy atom. The van der Waals surface area contributed by atoms with E-state index in [1.165, 1.54) is 21.4 Å². The van der Waals surface area contributed by atoms with E-state index in [4.69, 9.17) is 9.15 Å². The summed E-state index contributed by atoms with van der Waals surface area (Å²) in [4.78, 5) is 46.3. The second kappa shape index (κ2) is 7.01. The van der Waals surface area contributed by atoms with E-state index in [0.717, 1.165) is 5.56 Å². The molecular weight excluding hydrogens is 376 g/mol. The molecule has 0 aliphatic rings. The summed E-state index contributed by atoms with van der Waals surface area (Å²) in [5, 5.41) is 0.0524. The van der Waals surface area contributed by atoms with Crippen molar-refractivity contribution in [2.24, 2.45) is 0 Å². The highest BCUT2D eigenvalue weighted by Crippen LogP contribution is 2.21. The SMILES string of the molecule is CCOC(=O)c1c(C)oc2ncn(Cc3cc(=O)n4cc(C)ccc4n3)c(=O)c12. The average molecular weight is 394 g/mol. The standard InChI is InChI=1S/C20H18N4O5/c1-4-28-20(27)16-12(3)29-18-17(16)19(26)23(10-21-18)9-13-7-15(25)24-8-11(2)5-6-14(24)22-13/h5-8,10H,4,9H2,1-3H3. The van der Waals surface area contributed by atoms with E-state index < -0.39 is 11.5 Å². The van der Waals surface area contributed by atoms with Gasteiger partial charge in [0.05, 0.1) is 18.8 Å². The number of ether oxygens (including phenoxy) is 1. The largest absolute Gasteiger partial charge is 0.462 e. The zero-order chi connectivity index (χ0) is 20.7. The van der Waals surface area contributed by atoms with Crippen LogP contribution < -0.4 is 11.1 Å². The Kier molecular flexibility index (Phi) is 4.50. The maximum atomic E-state index is 13.0. The molecule has 4 aromatic heterocycles. The highest BCUT2D eigenvalue weighted by molar-refractivity contribution is 6.03. The van der Waals surface area contributed by atoms with Crippen molar-refractivity contribution in [3.63, 3.8) is 0 Å². The molecule has 4 aromatic rings. The Bertz CT molecular complexity index is 1380. The van der Waals surface area contributed by atoms with Crippen LogP contribution in [0.25, 0.3) is 16.7 Å². The van der Waals surface area contributed by atoms with E-state index in [-0.39, 0.29) is 41.1 Å². The first kappa shape index (κ1) is 18.6. The van der Waals surface area contributed by atoms with E-state index in [1.54, 1.807) is 26.1 Å². The average Bonchev–Trinajstić information content (AvgIpc) is 3.02. The molecule has 4 rings (SSSR count). The van der Waals surface area contributed by atoms with Gasteiger partial charge in [0.25, 0.3) is 11.1 Å². The van der Waals surface area contributed by atoms with E-state index >= 15 is 0 Å². The fraction of sp³-hybridized carbons (Fsp3) is 0.250. The molecule has 0 N–H and O–H groups in total. The van der Waals surface area contributed by atoms with Crippen LogP contribution in [0.2, 0.25) is 0 Å². The Labute approximate surface area is 164 Å². The fourth-order valence-electron chi connectivity index (χ4n) is 3.21. The number of carbonyl (C=O) groups excluding carboxylic acids is 1. The van der Waals surface area contributed by atoms with Gasteiger partial charge in [0.2, 0.25) is 5.71 Å². The van der Waals surface area contributed by atoms with Crippen LogP contribution in [0.5, 0.6) is 0 Å². The molecule has 0 aliphatic heterocycles. The third kappa shape index (κ3) is 3.20. The Balaban J connectivity index is 1.82. The molecule has 0 unspecified atom stereocenters. The molecule has 0 amide bonds. The highest BCUT2D eigenvalue weighted by Gasteiger charge is 2.24. The number of aryl methyl sites for hydroxylation is 2. The number of hydrogen-bond donors (Lipinski definition) is 0. The zero-order valence-electron chi connectivity index (χ0n) is 16.1. The van der Waals surface area contributed by atoms with Crippen LogP contribution in [0, 0.1) is 13.8 Å². The third-order valence-electron chi connectivity index (χ3n) is 4.53. The Morgan fingerprint density at radius 3 is 2.79 bits per heavy atom. The summed E-state index contributed by atoms with van der Waals surface area (Å²) in [5.41, 5.74) is 1.22. The van der Waals surface area contributed by atoms with Gasteiger partial charge >= 0.3 is 5.97 Å². The van der Waals surface area contributed by atoms with E-state index in [2.05, 4.69) is 9.97 Å². The molecule has 0 radical (unpaired) electrons. The number of furan rings is 1.